The van der Waals surface area contributed by atoms with Crippen LogP contribution in [0.1, 0.15) is 29.2 Å². The number of aryl methyl sites for hydroxylation is 1. The van der Waals surface area contributed by atoms with Crippen LogP contribution in [0.2, 0.25) is 0 Å². The lowest BCUT2D eigenvalue weighted by Gasteiger charge is -2.11. The van der Waals surface area contributed by atoms with Crippen molar-refractivity contribution in [3.05, 3.63) is 89.2 Å². The number of ether oxygens (including phenoxy) is 2. The molecule has 0 aliphatic carbocycles. The zero-order valence-corrected chi connectivity index (χ0v) is 18.4. The number of fused-ring (bicyclic) bond motifs is 1. The van der Waals surface area contributed by atoms with Crippen molar-refractivity contribution < 1.29 is 18.7 Å². The number of furan rings is 1. The van der Waals surface area contributed by atoms with Crippen LogP contribution < -0.4 is 10.5 Å². The zero-order chi connectivity index (χ0) is 22.5. The smallest absolute Gasteiger partial charge is 0.310 e. The summed E-state index contributed by atoms with van der Waals surface area (Å²) in [6.45, 7) is 5.04. The monoisotopic (exact) mass is 429 g/mol. The van der Waals surface area contributed by atoms with Crippen molar-refractivity contribution >= 4 is 16.9 Å². The molecule has 2 N–H and O–H groups in total. The van der Waals surface area contributed by atoms with Gasteiger partial charge in [-0.2, -0.15) is 0 Å². The summed E-state index contributed by atoms with van der Waals surface area (Å²) in [5.41, 5.74) is 12.8. The number of benzene rings is 3. The second kappa shape index (κ2) is 9.71. The molecule has 0 amide bonds. The minimum Gasteiger partial charge on any atom is -0.488 e. The maximum atomic E-state index is 11.9. The molecule has 0 spiro atoms. The Bertz CT molecular complexity index is 1240. The third-order valence-electron chi connectivity index (χ3n) is 5.43. The van der Waals surface area contributed by atoms with Gasteiger partial charge < -0.3 is 19.6 Å². The summed E-state index contributed by atoms with van der Waals surface area (Å²) in [6.07, 6.45) is 1.92. The lowest BCUT2D eigenvalue weighted by molar-refractivity contribution is -0.142. The molecule has 0 fully saturated rings. The van der Waals surface area contributed by atoms with Crippen LogP contribution in [0.15, 0.2) is 71.3 Å². The van der Waals surface area contributed by atoms with E-state index < -0.39 is 0 Å². The molecular weight excluding hydrogens is 402 g/mol. The summed E-state index contributed by atoms with van der Waals surface area (Å²) in [5.74, 6) is 0.399. The number of carbonyl (C=O) groups excluding carboxylic acids is 1. The number of hydrogen-bond acceptors (Lipinski definition) is 5. The summed E-state index contributed by atoms with van der Waals surface area (Å²) in [6, 6.07) is 20.0. The van der Waals surface area contributed by atoms with Crippen LogP contribution in [0.4, 0.5) is 0 Å². The molecule has 0 bridgehead atoms. The van der Waals surface area contributed by atoms with Gasteiger partial charge in [-0.15, -0.1) is 0 Å². The normalized spacial score (nSPS) is 11.0. The molecule has 3 aromatic carbocycles. The standard InChI is InChI=1S/C27H27NO4/c1-3-30-26(29)14-21-8-4-5-10-25(21)31-16-23-17-32-27-18(2)11-22(13-24(23)27)20-9-6-7-19(12-20)15-28/h4-13,17H,3,14-16,28H2,1-2H3. The Morgan fingerprint density at radius 2 is 1.84 bits per heavy atom. The molecule has 164 valence electrons. The Morgan fingerprint density at radius 3 is 2.66 bits per heavy atom. The maximum Gasteiger partial charge on any atom is 0.310 e. The lowest BCUT2D eigenvalue weighted by Crippen LogP contribution is -2.09. The van der Waals surface area contributed by atoms with E-state index in [1.54, 1.807) is 13.2 Å². The zero-order valence-electron chi connectivity index (χ0n) is 18.4. The van der Waals surface area contributed by atoms with Crippen molar-refractivity contribution in [1.29, 1.82) is 0 Å². The van der Waals surface area contributed by atoms with Gasteiger partial charge in [0.2, 0.25) is 0 Å². The van der Waals surface area contributed by atoms with Crippen molar-refractivity contribution in [3.63, 3.8) is 0 Å². The molecule has 0 saturated carbocycles. The van der Waals surface area contributed by atoms with Crippen molar-refractivity contribution in [2.75, 3.05) is 6.61 Å². The first-order valence-corrected chi connectivity index (χ1v) is 10.8. The predicted molar refractivity (Wildman–Crippen MR) is 125 cm³/mol. The Kier molecular flexibility index (Phi) is 6.57. The van der Waals surface area contributed by atoms with E-state index in [-0.39, 0.29) is 12.4 Å². The lowest BCUT2D eigenvalue weighted by atomic mass is 9.98. The summed E-state index contributed by atoms with van der Waals surface area (Å²) < 4.78 is 17.0. The SMILES string of the molecule is CCOC(=O)Cc1ccccc1OCc1coc2c(C)cc(-c3cccc(CN)c3)cc12. The van der Waals surface area contributed by atoms with Crippen molar-refractivity contribution in [2.24, 2.45) is 5.73 Å². The molecule has 4 rings (SSSR count). The molecular formula is C27H27NO4. The fourth-order valence-electron chi connectivity index (χ4n) is 3.83. The van der Waals surface area contributed by atoms with Crippen LogP contribution in [0, 0.1) is 6.92 Å². The van der Waals surface area contributed by atoms with Crippen LogP contribution in [0.3, 0.4) is 0 Å². The van der Waals surface area contributed by atoms with Gasteiger partial charge in [0.15, 0.2) is 0 Å². The van der Waals surface area contributed by atoms with E-state index in [2.05, 4.69) is 24.3 Å². The third-order valence-corrected chi connectivity index (χ3v) is 5.43. The second-order valence-corrected chi connectivity index (χ2v) is 7.71. The van der Waals surface area contributed by atoms with Crippen molar-refractivity contribution in [3.8, 4) is 16.9 Å². The minimum atomic E-state index is -0.266. The molecule has 1 heterocycles. The molecule has 5 nitrogen and oxygen atoms in total. The largest absolute Gasteiger partial charge is 0.488 e. The molecule has 0 aliphatic heterocycles. The van der Waals surface area contributed by atoms with E-state index in [1.807, 2.05) is 43.3 Å². The van der Waals surface area contributed by atoms with Crippen LogP contribution >= 0.6 is 0 Å². The van der Waals surface area contributed by atoms with Gasteiger partial charge in [-0.05, 0) is 60.4 Å². The molecule has 0 aliphatic rings. The highest BCUT2D eigenvalue weighted by Crippen LogP contribution is 2.32. The maximum absolute atomic E-state index is 11.9. The van der Waals surface area contributed by atoms with E-state index in [0.717, 1.165) is 44.3 Å². The average Bonchev–Trinajstić information content (AvgIpc) is 3.22. The highest BCUT2D eigenvalue weighted by Gasteiger charge is 2.14. The number of rotatable bonds is 8. The Balaban J connectivity index is 1.61. The van der Waals surface area contributed by atoms with E-state index in [1.165, 1.54) is 0 Å². The topological polar surface area (TPSA) is 74.7 Å². The Hall–Kier alpha value is -3.57. The van der Waals surface area contributed by atoms with Crippen LogP contribution in [0.5, 0.6) is 5.75 Å². The quantitative estimate of drug-likeness (QED) is 0.372. The Morgan fingerprint density at radius 1 is 1.00 bits per heavy atom. The molecule has 4 aromatic rings. The molecule has 0 atom stereocenters. The Labute approximate surface area is 187 Å². The fourth-order valence-corrected chi connectivity index (χ4v) is 3.83. The summed E-state index contributed by atoms with van der Waals surface area (Å²) in [4.78, 5) is 11.9. The van der Waals surface area contributed by atoms with Gasteiger partial charge in [-0.1, -0.05) is 36.4 Å². The van der Waals surface area contributed by atoms with Gasteiger partial charge in [0, 0.05) is 23.1 Å². The number of esters is 1. The van der Waals surface area contributed by atoms with Crippen molar-refractivity contribution in [2.45, 2.75) is 33.4 Å². The molecule has 5 heteroatoms. The summed E-state index contributed by atoms with van der Waals surface area (Å²) in [5, 5.41) is 1.01. The van der Waals surface area contributed by atoms with Gasteiger partial charge in [-0.25, -0.2) is 0 Å². The van der Waals surface area contributed by atoms with Crippen LogP contribution in [-0.4, -0.2) is 12.6 Å². The first-order valence-electron chi connectivity index (χ1n) is 10.8. The predicted octanol–water partition coefficient (Wildman–Crippen LogP) is 5.55. The fraction of sp³-hybridized carbons (Fsp3) is 0.222. The van der Waals surface area contributed by atoms with Crippen LogP contribution in [0.25, 0.3) is 22.1 Å². The van der Waals surface area contributed by atoms with Gasteiger partial charge in [0.05, 0.1) is 19.3 Å². The first-order chi connectivity index (χ1) is 15.6. The summed E-state index contributed by atoms with van der Waals surface area (Å²) >= 11 is 0. The van der Waals surface area contributed by atoms with Gasteiger partial charge in [0.25, 0.3) is 0 Å². The first kappa shape index (κ1) is 21.7. The molecule has 0 unspecified atom stereocenters. The molecule has 1 aromatic heterocycles. The van der Waals surface area contributed by atoms with Crippen molar-refractivity contribution in [1.82, 2.24) is 0 Å². The minimum absolute atomic E-state index is 0.177. The molecule has 0 saturated heterocycles. The average molecular weight is 430 g/mol. The van der Waals surface area contributed by atoms with Gasteiger partial charge in [-0.3, -0.25) is 4.79 Å². The molecule has 32 heavy (non-hydrogen) atoms. The van der Waals surface area contributed by atoms with E-state index in [9.17, 15) is 4.79 Å². The van der Waals surface area contributed by atoms with Crippen LogP contribution in [-0.2, 0) is 29.1 Å². The van der Waals surface area contributed by atoms with E-state index in [4.69, 9.17) is 19.6 Å². The number of nitrogens with two attached hydrogens (primary N) is 1. The highest BCUT2D eigenvalue weighted by atomic mass is 16.5. The van der Waals surface area contributed by atoms with E-state index >= 15 is 0 Å². The summed E-state index contributed by atoms with van der Waals surface area (Å²) in [7, 11) is 0. The third kappa shape index (κ3) is 4.68. The second-order valence-electron chi connectivity index (χ2n) is 7.71. The van der Waals surface area contributed by atoms with Gasteiger partial charge >= 0.3 is 5.97 Å². The highest BCUT2D eigenvalue weighted by molar-refractivity contribution is 5.89. The number of para-hydroxylation sites is 1. The van der Waals surface area contributed by atoms with Gasteiger partial charge in [0.1, 0.15) is 17.9 Å². The number of hydrogen-bond donors (Lipinski definition) is 1. The van der Waals surface area contributed by atoms with E-state index in [0.29, 0.717) is 25.5 Å². The number of carbonyl (C=O) groups is 1. The molecule has 0 radical (unpaired) electrons.